The molecule has 6 aromatic rings. The van der Waals surface area contributed by atoms with Crippen LogP contribution in [0.25, 0.3) is 56.0 Å². The van der Waals surface area contributed by atoms with Crippen LogP contribution in [0.4, 0.5) is 5.69 Å². The summed E-state index contributed by atoms with van der Waals surface area (Å²) in [4.78, 5) is 11.1. The highest BCUT2D eigenvalue weighted by atomic mass is 32.1. The van der Waals surface area contributed by atoms with Crippen LogP contribution in [-0.2, 0) is 4.74 Å². The number of nitriles is 3. The van der Waals surface area contributed by atoms with Crippen LogP contribution in [0.3, 0.4) is 0 Å². The first kappa shape index (κ1) is 52.8. The summed E-state index contributed by atoms with van der Waals surface area (Å²) in [5.74, 6) is 0.127. The Morgan fingerprint density at radius 2 is 1.06 bits per heavy atom. The van der Waals surface area contributed by atoms with Crippen molar-refractivity contribution in [3.05, 3.63) is 68.6 Å². The average Bonchev–Trinajstić information content (AvgIpc) is 4.25. The zero-order chi connectivity index (χ0) is 50.8. The maximum Gasteiger partial charge on any atom is 0.172 e. The fraction of sp³-hybridized carbons (Fsp3) is 0.483. The summed E-state index contributed by atoms with van der Waals surface area (Å²) in [5.41, 5.74) is 2.60. The fourth-order valence-electron chi connectivity index (χ4n) is 12.4. The lowest BCUT2D eigenvalue weighted by atomic mass is 9.94. The second-order valence-corrected chi connectivity index (χ2v) is 35.0. The number of unbranched alkanes of at least 4 members (excludes halogenated alkanes) is 12. The van der Waals surface area contributed by atoms with E-state index in [9.17, 15) is 15.8 Å². The predicted octanol–water partition coefficient (Wildman–Crippen LogP) is 17.3. The summed E-state index contributed by atoms with van der Waals surface area (Å²) in [6, 6.07) is 25.6. The van der Waals surface area contributed by atoms with Crippen molar-refractivity contribution in [1.82, 2.24) is 0 Å². The van der Waals surface area contributed by atoms with Gasteiger partial charge < -0.3 is 9.64 Å². The minimum atomic E-state index is -2.40. The standard InChI is InChI=1S/C60H72N4OS5Si2/c1-9-13-17-21-31-71(32-22-18-14-10-2)56-50-46(35-43(66-50)30-27-40-25-28-42(29-26-40)64(7)8)68-52(56)54-58(71)59-55(70-54)53-57(72(59,33-23-19-15-11-3)34-24-20-16-12-4)51-47(69-53)36-45(67-51)48-44(39-63)49(41(37-61)38-62)65-60(48,5)6/h25-30,35-36H,9-24,31-34H2,1-8H3/b30-27+. The van der Waals surface area contributed by atoms with Crippen LogP contribution in [0.5, 0.6) is 0 Å². The molecule has 0 saturated carbocycles. The second-order valence-electron chi connectivity index (χ2n) is 21.4. The molecule has 0 bridgehead atoms. The highest BCUT2D eigenvalue weighted by molar-refractivity contribution is 7.43. The van der Waals surface area contributed by atoms with E-state index in [1.165, 1.54) is 157 Å². The number of ether oxygens (including phenoxy) is 1. The van der Waals surface area contributed by atoms with Gasteiger partial charge in [0.05, 0.1) is 0 Å². The van der Waals surface area contributed by atoms with E-state index >= 15 is 0 Å². The Balaban J connectivity index is 1.27. The number of allylic oxidation sites excluding steroid dienone is 2. The maximum atomic E-state index is 10.7. The van der Waals surface area contributed by atoms with Crippen molar-refractivity contribution in [1.29, 1.82) is 15.8 Å². The van der Waals surface area contributed by atoms with Gasteiger partial charge in [-0.05, 0) is 94.7 Å². The normalized spacial score (nSPS) is 15.8. The first-order valence-corrected chi connectivity index (χ1v) is 36.0. The quantitative estimate of drug-likeness (QED) is 0.0343. The molecule has 5 nitrogen and oxygen atoms in total. The van der Waals surface area contributed by atoms with Gasteiger partial charge in [0.1, 0.15) is 45.5 Å². The van der Waals surface area contributed by atoms with Gasteiger partial charge in [0.2, 0.25) is 0 Å². The number of rotatable bonds is 24. The molecule has 0 N–H and O–H groups in total. The zero-order valence-electron chi connectivity index (χ0n) is 44.0. The Morgan fingerprint density at radius 3 is 1.51 bits per heavy atom. The molecule has 3 aliphatic heterocycles. The molecule has 0 atom stereocenters. The van der Waals surface area contributed by atoms with Crippen molar-refractivity contribution >= 4 is 136 Å². The highest BCUT2D eigenvalue weighted by Crippen LogP contribution is 2.56. The Hall–Kier alpha value is -4.04. The van der Waals surface area contributed by atoms with Gasteiger partial charge in [0.25, 0.3) is 0 Å². The zero-order valence-corrected chi connectivity index (χ0v) is 50.1. The monoisotopic (exact) mass is 1080 g/mol. The van der Waals surface area contributed by atoms with Gasteiger partial charge in [-0.3, -0.25) is 0 Å². The Labute approximate surface area is 452 Å². The molecular weight excluding hydrogens is 1010 g/mol. The van der Waals surface area contributed by atoms with Gasteiger partial charge >= 0.3 is 0 Å². The molecule has 0 spiro atoms. The molecule has 3 aliphatic rings. The molecule has 0 unspecified atom stereocenters. The molecule has 9 rings (SSSR count). The topological polar surface area (TPSA) is 83.8 Å². The number of anilines is 1. The fourth-order valence-corrected chi connectivity index (χ4v) is 36.4. The summed E-state index contributed by atoms with van der Waals surface area (Å²) in [5, 5.41) is 37.9. The molecule has 376 valence electrons. The van der Waals surface area contributed by atoms with E-state index in [0.717, 1.165) is 10.5 Å². The molecule has 0 fully saturated rings. The van der Waals surface area contributed by atoms with Crippen molar-refractivity contribution in [2.45, 2.75) is 174 Å². The molecule has 12 heteroatoms. The van der Waals surface area contributed by atoms with Gasteiger partial charge in [-0.25, -0.2) is 0 Å². The molecule has 0 amide bonds. The first-order valence-electron chi connectivity index (χ1n) is 27.1. The summed E-state index contributed by atoms with van der Waals surface area (Å²) >= 11 is 10.3. The SMILES string of the molecule is CCCCCC[Si]1(CCCCCC)c2c(sc3c2[Si](CCCCCC)(CCCCCC)c2c-3sc3cc(C4=C(C#N)C(=C(C#N)C#N)OC4(C)C)sc23)-c2sc3cc(/C=C/c4ccc(N(C)C)cc4)sc3c21. The van der Waals surface area contributed by atoms with E-state index in [4.69, 9.17) is 4.74 Å². The Morgan fingerprint density at radius 1 is 0.583 bits per heavy atom. The lowest BCUT2D eigenvalue weighted by molar-refractivity contribution is 0.109. The smallest absolute Gasteiger partial charge is 0.172 e. The number of nitrogens with zero attached hydrogens (tertiary/aromatic N) is 4. The van der Waals surface area contributed by atoms with Gasteiger partial charge in [-0.15, -0.1) is 56.7 Å². The number of hydrogen-bond donors (Lipinski definition) is 0. The summed E-state index contributed by atoms with van der Waals surface area (Å²) < 4.78 is 12.3. The van der Waals surface area contributed by atoms with Crippen LogP contribution < -0.4 is 25.6 Å². The summed E-state index contributed by atoms with van der Waals surface area (Å²) in [6.45, 7) is 13.4. The maximum absolute atomic E-state index is 10.7. The Bertz CT molecular complexity index is 3140. The molecule has 72 heavy (non-hydrogen) atoms. The third-order valence-electron chi connectivity index (χ3n) is 15.9. The third kappa shape index (κ3) is 9.41. The molecule has 5 aromatic heterocycles. The van der Waals surface area contributed by atoms with E-state index in [1.807, 2.05) is 64.2 Å². The molecule has 8 heterocycles. The van der Waals surface area contributed by atoms with Crippen LogP contribution in [0.15, 0.2) is 53.3 Å². The van der Waals surface area contributed by atoms with Crippen molar-refractivity contribution in [3.8, 4) is 37.7 Å². The lowest BCUT2D eigenvalue weighted by Gasteiger charge is -2.36. The van der Waals surface area contributed by atoms with Crippen LogP contribution >= 0.6 is 56.7 Å². The third-order valence-corrected chi connectivity index (χ3v) is 34.2. The van der Waals surface area contributed by atoms with Crippen LogP contribution in [0, 0.1) is 34.0 Å². The number of fused-ring (bicyclic) bond motifs is 11. The van der Waals surface area contributed by atoms with E-state index in [2.05, 4.69) is 135 Å². The number of thiophene rings is 5. The van der Waals surface area contributed by atoms with E-state index in [-0.39, 0.29) is 11.3 Å². The van der Waals surface area contributed by atoms with Crippen molar-refractivity contribution < 1.29 is 4.74 Å². The average molecular weight is 1080 g/mol. The van der Waals surface area contributed by atoms with Crippen LogP contribution in [0.2, 0.25) is 24.2 Å². The highest BCUT2D eigenvalue weighted by Gasteiger charge is 2.58. The van der Waals surface area contributed by atoms with Crippen molar-refractivity contribution in [3.63, 3.8) is 0 Å². The lowest BCUT2D eigenvalue weighted by Crippen LogP contribution is -2.67. The van der Waals surface area contributed by atoms with Crippen LogP contribution in [-0.4, -0.2) is 35.8 Å². The van der Waals surface area contributed by atoms with Gasteiger partial charge in [-0.2, -0.15) is 15.8 Å². The second kappa shape index (κ2) is 22.4. The number of benzene rings is 1. The van der Waals surface area contributed by atoms with Crippen molar-refractivity contribution in [2.24, 2.45) is 0 Å². The minimum Gasteiger partial charge on any atom is -0.479 e. The van der Waals surface area contributed by atoms with Gasteiger partial charge in [0.15, 0.2) is 11.3 Å². The van der Waals surface area contributed by atoms with Gasteiger partial charge in [0, 0.05) is 73.4 Å². The number of hydrogen-bond acceptors (Lipinski definition) is 10. The van der Waals surface area contributed by atoms with E-state index < -0.39 is 21.7 Å². The Kier molecular flexibility index (Phi) is 16.5. The van der Waals surface area contributed by atoms with E-state index in [1.54, 1.807) is 29.4 Å². The summed E-state index contributed by atoms with van der Waals surface area (Å²) in [7, 11) is -0.503. The first-order chi connectivity index (χ1) is 34.9. The predicted molar refractivity (Wildman–Crippen MR) is 323 cm³/mol. The molecular formula is C60H72N4OS5Si2. The van der Waals surface area contributed by atoms with Gasteiger partial charge in [-0.1, -0.05) is 149 Å². The molecule has 1 aromatic carbocycles. The largest absolute Gasteiger partial charge is 0.479 e. The summed E-state index contributed by atoms with van der Waals surface area (Å²) in [6.07, 6.45) is 25.3. The van der Waals surface area contributed by atoms with E-state index in [0.29, 0.717) is 5.57 Å². The van der Waals surface area contributed by atoms with Crippen LogP contribution in [0.1, 0.15) is 160 Å². The minimum absolute atomic E-state index is 0.127. The molecule has 0 aliphatic carbocycles. The molecule has 0 saturated heterocycles. The molecule has 0 radical (unpaired) electrons. The van der Waals surface area contributed by atoms with Crippen molar-refractivity contribution in [2.75, 3.05) is 19.0 Å².